The minimum Gasteiger partial charge on any atom is -0.413 e. The van der Waals surface area contributed by atoms with Crippen molar-refractivity contribution in [2.24, 2.45) is 0 Å². The van der Waals surface area contributed by atoms with E-state index in [1.807, 2.05) is 12.1 Å². The first-order valence-electron chi connectivity index (χ1n) is 6.20. The Balaban J connectivity index is 2.85. The van der Waals surface area contributed by atoms with E-state index in [2.05, 4.69) is 33.9 Å². The van der Waals surface area contributed by atoms with Crippen molar-refractivity contribution in [2.45, 2.75) is 52.1 Å². The molecule has 1 rings (SSSR count). The van der Waals surface area contributed by atoms with E-state index in [0.717, 1.165) is 11.1 Å². The highest BCUT2D eigenvalue weighted by Crippen LogP contribution is 2.37. The summed E-state index contributed by atoms with van der Waals surface area (Å²) in [5, 5.41) is 10.2. The molecule has 0 aliphatic carbocycles. The topological polar surface area (TPSA) is 29.5 Å². The molecule has 0 aliphatic heterocycles. The predicted octanol–water partition coefficient (Wildman–Crippen LogP) is 4.35. The largest absolute Gasteiger partial charge is 0.413 e. The molecule has 0 unspecified atom stereocenters. The average molecular weight is 287 g/mol. The maximum Gasteiger partial charge on any atom is 0.192 e. The number of benzene rings is 1. The first kappa shape index (κ1) is 15.7. The molecule has 0 aliphatic rings. The highest BCUT2D eigenvalue weighted by Gasteiger charge is 2.37. The van der Waals surface area contributed by atoms with Gasteiger partial charge in [-0.15, -0.1) is 0 Å². The van der Waals surface area contributed by atoms with E-state index in [4.69, 9.17) is 16.0 Å². The van der Waals surface area contributed by atoms with E-state index in [1.54, 1.807) is 6.07 Å². The lowest BCUT2D eigenvalue weighted by atomic mass is 10.1. The zero-order valence-corrected chi connectivity index (χ0v) is 13.6. The summed E-state index contributed by atoms with van der Waals surface area (Å²) in [4.78, 5) is 0. The van der Waals surface area contributed by atoms with Crippen molar-refractivity contribution in [3.05, 3.63) is 34.3 Å². The fourth-order valence-electron chi connectivity index (χ4n) is 1.39. The number of aliphatic hydroxyl groups excluding tert-OH is 1. The first-order valence-corrected chi connectivity index (χ1v) is 9.49. The molecule has 102 valence electrons. The second kappa shape index (κ2) is 5.74. The maximum absolute atomic E-state index is 9.36. The molecule has 0 aromatic heterocycles. The third-order valence-electron chi connectivity index (χ3n) is 3.77. The van der Waals surface area contributed by atoms with Crippen LogP contribution in [0.5, 0.6) is 0 Å². The van der Waals surface area contributed by atoms with E-state index in [1.165, 1.54) is 0 Å². The summed E-state index contributed by atoms with van der Waals surface area (Å²) in [6.45, 7) is 11.5. The van der Waals surface area contributed by atoms with Gasteiger partial charge in [0, 0.05) is 10.6 Å². The van der Waals surface area contributed by atoms with Crippen molar-refractivity contribution in [2.75, 3.05) is 0 Å². The number of rotatable bonds is 4. The van der Waals surface area contributed by atoms with Crippen LogP contribution in [-0.2, 0) is 17.6 Å². The summed E-state index contributed by atoms with van der Waals surface area (Å²) in [5.74, 6) is 0. The Morgan fingerprint density at radius 3 is 2.39 bits per heavy atom. The van der Waals surface area contributed by atoms with Crippen LogP contribution in [0.25, 0.3) is 0 Å². The normalized spacial score (nSPS) is 12.8. The van der Waals surface area contributed by atoms with Gasteiger partial charge in [0.1, 0.15) is 0 Å². The molecule has 0 amide bonds. The van der Waals surface area contributed by atoms with E-state index in [0.29, 0.717) is 11.6 Å². The smallest absolute Gasteiger partial charge is 0.192 e. The summed E-state index contributed by atoms with van der Waals surface area (Å²) in [6.07, 6.45) is 0. The number of hydrogen-bond donors (Lipinski definition) is 1. The van der Waals surface area contributed by atoms with Gasteiger partial charge >= 0.3 is 0 Å². The molecule has 0 spiro atoms. The molecule has 1 N–H and O–H groups in total. The molecular formula is C14H23ClO2Si. The van der Waals surface area contributed by atoms with Gasteiger partial charge in [-0.1, -0.05) is 44.5 Å². The van der Waals surface area contributed by atoms with E-state index >= 15 is 0 Å². The average Bonchev–Trinajstić information content (AvgIpc) is 2.25. The summed E-state index contributed by atoms with van der Waals surface area (Å²) in [6, 6.07) is 5.65. The predicted molar refractivity (Wildman–Crippen MR) is 79.4 cm³/mol. The standard InChI is InChI=1S/C14H23ClO2Si/c1-14(2,3)18(4,5)17-10-11-7-6-8-13(15)12(11)9-16/h6-8,16H,9-10H2,1-5H3. The molecular weight excluding hydrogens is 264 g/mol. The molecule has 1 aromatic rings. The SMILES string of the molecule is CC(C)(C)[Si](C)(C)OCc1cccc(Cl)c1CO. The zero-order valence-electron chi connectivity index (χ0n) is 11.9. The van der Waals surface area contributed by atoms with Crippen LogP contribution in [0.3, 0.4) is 0 Å². The summed E-state index contributed by atoms with van der Waals surface area (Å²) >= 11 is 6.07. The number of halogens is 1. The van der Waals surface area contributed by atoms with Crippen molar-refractivity contribution in [3.8, 4) is 0 Å². The molecule has 18 heavy (non-hydrogen) atoms. The van der Waals surface area contributed by atoms with Crippen molar-refractivity contribution < 1.29 is 9.53 Å². The lowest BCUT2D eigenvalue weighted by molar-refractivity contribution is 0.258. The van der Waals surface area contributed by atoms with Gasteiger partial charge in [0.05, 0.1) is 13.2 Å². The molecule has 0 radical (unpaired) electrons. The lowest BCUT2D eigenvalue weighted by Gasteiger charge is -2.36. The van der Waals surface area contributed by atoms with Gasteiger partial charge in [0.25, 0.3) is 0 Å². The molecule has 0 heterocycles. The van der Waals surface area contributed by atoms with Gasteiger partial charge < -0.3 is 9.53 Å². The summed E-state index contributed by atoms with van der Waals surface area (Å²) < 4.78 is 6.15. The lowest BCUT2D eigenvalue weighted by Crippen LogP contribution is -2.40. The van der Waals surface area contributed by atoms with E-state index < -0.39 is 8.32 Å². The highest BCUT2D eigenvalue weighted by atomic mass is 35.5. The summed E-state index contributed by atoms with van der Waals surface area (Å²) in [7, 11) is -1.77. The van der Waals surface area contributed by atoms with Gasteiger partial charge in [-0.2, -0.15) is 0 Å². The minimum absolute atomic E-state index is 0.0458. The van der Waals surface area contributed by atoms with E-state index in [9.17, 15) is 5.11 Å². The monoisotopic (exact) mass is 286 g/mol. The van der Waals surface area contributed by atoms with Crippen LogP contribution < -0.4 is 0 Å². The second-order valence-electron chi connectivity index (χ2n) is 6.08. The Kier molecular flexibility index (Phi) is 5.01. The first-order chi connectivity index (χ1) is 8.19. The van der Waals surface area contributed by atoms with Gasteiger partial charge in [0.2, 0.25) is 0 Å². The number of hydrogen-bond acceptors (Lipinski definition) is 2. The molecule has 4 heteroatoms. The summed E-state index contributed by atoms with van der Waals surface area (Å²) in [5.41, 5.74) is 1.76. The van der Waals surface area contributed by atoms with Crippen molar-refractivity contribution in [1.82, 2.24) is 0 Å². The van der Waals surface area contributed by atoms with Crippen LogP contribution >= 0.6 is 11.6 Å². The minimum atomic E-state index is -1.77. The Morgan fingerprint density at radius 1 is 1.28 bits per heavy atom. The van der Waals surface area contributed by atoms with Gasteiger partial charge in [0.15, 0.2) is 8.32 Å². The Morgan fingerprint density at radius 2 is 1.89 bits per heavy atom. The van der Waals surface area contributed by atoms with Crippen LogP contribution in [0.15, 0.2) is 18.2 Å². The van der Waals surface area contributed by atoms with Gasteiger partial charge in [-0.3, -0.25) is 0 Å². The van der Waals surface area contributed by atoms with Crippen molar-refractivity contribution >= 4 is 19.9 Å². The van der Waals surface area contributed by atoms with Crippen LogP contribution in [0.1, 0.15) is 31.9 Å². The van der Waals surface area contributed by atoms with Gasteiger partial charge in [-0.25, -0.2) is 0 Å². The molecule has 0 saturated carbocycles. The third kappa shape index (κ3) is 3.57. The number of aliphatic hydroxyl groups is 1. The fraction of sp³-hybridized carbons (Fsp3) is 0.571. The Hall–Kier alpha value is -0.353. The van der Waals surface area contributed by atoms with Crippen LogP contribution in [0.2, 0.25) is 23.2 Å². The van der Waals surface area contributed by atoms with Crippen LogP contribution in [-0.4, -0.2) is 13.4 Å². The third-order valence-corrected chi connectivity index (χ3v) is 8.60. The second-order valence-corrected chi connectivity index (χ2v) is 11.3. The highest BCUT2D eigenvalue weighted by molar-refractivity contribution is 6.74. The maximum atomic E-state index is 9.36. The molecule has 1 aromatic carbocycles. The Bertz CT molecular complexity index is 411. The molecule has 0 atom stereocenters. The quantitative estimate of drug-likeness (QED) is 0.834. The van der Waals surface area contributed by atoms with Gasteiger partial charge in [-0.05, 0) is 29.8 Å². The van der Waals surface area contributed by atoms with Crippen molar-refractivity contribution in [1.29, 1.82) is 0 Å². The van der Waals surface area contributed by atoms with E-state index in [-0.39, 0.29) is 11.6 Å². The fourth-order valence-corrected chi connectivity index (χ4v) is 2.59. The molecule has 0 bridgehead atoms. The molecule has 2 nitrogen and oxygen atoms in total. The molecule has 0 saturated heterocycles. The zero-order chi connectivity index (χ0) is 14.0. The van der Waals surface area contributed by atoms with Crippen molar-refractivity contribution in [3.63, 3.8) is 0 Å². The Labute approximate surface area is 116 Å². The molecule has 0 fully saturated rings. The van der Waals surface area contributed by atoms with Crippen LogP contribution in [0, 0.1) is 0 Å². The van der Waals surface area contributed by atoms with Crippen LogP contribution in [0.4, 0.5) is 0 Å².